The molecule has 0 saturated carbocycles. The molecule has 1 aromatic rings. The van der Waals surface area contributed by atoms with Crippen LogP contribution in [0.4, 0.5) is 0 Å². The third kappa shape index (κ3) is 2.43. The Bertz CT molecular complexity index is 611. The van der Waals surface area contributed by atoms with E-state index in [0.717, 1.165) is 25.0 Å². The Hall–Kier alpha value is -1.60. The van der Waals surface area contributed by atoms with E-state index in [-0.39, 0.29) is 10.9 Å². The summed E-state index contributed by atoms with van der Waals surface area (Å²) in [4.78, 5) is 10.8. The van der Waals surface area contributed by atoms with Crippen LogP contribution in [-0.4, -0.2) is 41.5 Å². The van der Waals surface area contributed by atoms with Crippen molar-refractivity contribution in [3.8, 4) is 5.75 Å². The van der Waals surface area contributed by atoms with Crippen LogP contribution in [0, 0.1) is 0 Å². The van der Waals surface area contributed by atoms with Crippen LogP contribution in [0.5, 0.6) is 5.75 Å². The lowest BCUT2D eigenvalue weighted by Gasteiger charge is -2.21. The summed E-state index contributed by atoms with van der Waals surface area (Å²) in [7, 11) is -3.70. The highest BCUT2D eigenvalue weighted by molar-refractivity contribution is 7.89. The fraction of sp³-hybridized carbons (Fsp3) is 0.417. The number of carbonyl (C=O) groups is 1. The fourth-order valence-electron chi connectivity index (χ4n) is 2.25. The maximum absolute atomic E-state index is 12.4. The summed E-state index contributed by atoms with van der Waals surface area (Å²) in [5, 5.41) is 18.3. The van der Waals surface area contributed by atoms with Gasteiger partial charge in [0.1, 0.15) is 11.3 Å². The Labute approximate surface area is 111 Å². The van der Waals surface area contributed by atoms with Crippen LogP contribution in [0.25, 0.3) is 0 Å². The Morgan fingerprint density at radius 2 is 2.11 bits per heavy atom. The number of aromatic carboxylic acids is 1. The van der Waals surface area contributed by atoms with E-state index in [1.54, 1.807) is 0 Å². The molecule has 1 saturated heterocycles. The van der Waals surface area contributed by atoms with Gasteiger partial charge >= 0.3 is 5.97 Å². The van der Waals surface area contributed by atoms with E-state index < -0.39 is 27.3 Å². The maximum atomic E-state index is 12.4. The second kappa shape index (κ2) is 4.82. The molecule has 104 valence electrons. The van der Waals surface area contributed by atoms with E-state index in [1.165, 1.54) is 10.4 Å². The van der Waals surface area contributed by atoms with Crippen molar-refractivity contribution >= 4 is 16.0 Å². The Kier molecular flexibility index (Phi) is 3.51. The molecule has 1 aliphatic heterocycles. The van der Waals surface area contributed by atoms with Gasteiger partial charge in [-0.2, -0.15) is 4.31 Å². The zero-order valence-corrected chi connectivity index (χ0v) is 11.2. The van der Waals surface area contributed by atoms with Crippen LogP contribution in [0.2, 0.25) is 0 Å². The highest BCUT2D eigenvalue weighted by Crippen LogP contribution is 2.28. The molecule has 1 aromatic carbocycles. The fourth-order valence-corrected chi connectivity index (χ4v) is 3.97. The zero-order chi connectivity index (χ0) is 14.2. The normalized spacial score (nSPS) is 20.6. The van der Waals surface area contributed by atoms with Gasteiger partial charge in [-0.3, -0.25) is 0 Å². The SMILES string of the molecule is CC1CCCN1S(=O)(=O)c1ccc(O)c(C(=O)O)c1. The van der Waals surface area contributed by atoms with Gasteiger partial charge in [-0.25, -0.2) is 13.2 Å². The molecule has 1 fully saturated rings. The standard InChI is InChI=1S/C12H15NO5S/c1-8-3-2-6-13(8)19(17,18)9-4-5-11(14)10(7-9)12(15)16/h4-5,7-8,14H,2-3,6H2,1H3,(H,15,16). The number of benzene rings is 1. The predicted octanol–water partition coefficient (Wildman–Crippen LogP) is 1.26. The third-order valence-corrected chi connectivity index (χ3v) is 5.31. The van der Waals surface area contributed by atoms with Crippen molar-refractivity contribution in [2.45, 2.75) is 30.7 Å². The molecule has 1 atom stereocenters. The first kappa shape index (κ1) is 13.8. The smallest absolute Gasteiger partial charge is 0.339 e. The molecule has 1 heterocycles. The molecule has 0 aliphatic carbocycles. The van der Waals surface area contributed by atoms with E-state index in [4.69, 9.17) is 5.11 Å². The number of nitrogens with zero attached hydrogens (tertiary/aromatic N) is 1. The van der Waals surface area contributed by atoms with Crippen LogP contribution in [0.1, 0.15) is 30.1 Å². The molecular formula is C12H15NO5S. The number of aromatic hydroxyl groups is 1. The molecule has 2 rings (SSSR count). The van der Waals surface area contributed by atoms with Crippen LogP contribution in [0.15, 0.2) is 23.1 Å². The Morgan fingerprint density at radius 1 is 1.42 bits per heavy atom. The van der Waals surface area contributed by atoms with Gasteiger partial charge in [-0.05, 0) is 38.0 Å². The monoisotopic (exact) mass is 285 g/mol. The van der Waals surface area contributed by atoms with Crippen molar-refractivity contribution < 1.29 is 23.4 Å². The summed E-state index contributed by atoms with van der Waals surface area (Å²) >= 11 is 0. The molecule has 0 spiro atoms. The summed E-state index contributed by atoms with van der Waals surface area (Å²) in [5.74, 6) is -1.80. The molecule has 7 heteroatoms. The average molecular weight is 285 g/mol. The first-order valence-corrected chi connectivity index (χ1v) is 7.36. The van der Waals surface area contributed by atoms with Crippen molar-refractivity contribution in [1.82, 2.24) is 4.31 Å². The van der Waals surface area contributed by atoms with Crippen molar-refractivity contribution in [3.05, 3.63) is 23.8 Å². The second-order valence-electron chi connectivity index (χ2n) is 4.59. The quantitative estimate of drug-likeness (QED) is 0.872. The summed E-state index contributed by atoms with van der Waals surface area (Å²) < 4.78 is 26.1. The minimum atomic E-state index is -3.70. The Balaban J connectivity index is 2.46. The predicted molar refractivity (Wildman–Crippen MR) is 67.7 cm³/mol. The lowest BCUT2D eigenvalue weighted by Crippen LogP contribution is -2.33. The van der Waals surface area contributed by atoms with E-state index >= 15 is 0 Å². The van der Waals surface area contributed by atoms with Crippen molar-refractivity contribution in [2.75, 3.05) is 6.54 Å². The first-order valence-electron chi connectivity index (χ1n) is 5.92. The van der Waals surface area contributed by atoms with Gasteiger partial charge < -0.3 is 10.2 Å². The highest BCUT2D eigenvalue weighted by atomic mass is 32.2. The lowest BCUT2D eigenvalue weighted by atomic mass is 10.2. The first-order chi connectivity index (χ1) is 8.84. The van der Waals surface area contributed by atoms with Gasteiger partial charge in [0.25, 0.3) is 0 Å². The molecule has 0 bridgehead atoms. The molecule has 0 amide bonds. The number of phenols is 1. The van der Waals surface area contributed by atoms with Crippen LogP contribution >= 0.6 is 0 Å². The van der Waals surface area contributed by atoms with Gasteiger partial charge in [-0.1, -0.05) is 0 Å². The molecule has 6 nitrogen and oxygen atoms in total. The van der Waals surface area contributed by atoms with Crippen LogP contribution in [-0.2, 0) is 10.0 Å². The second-order valence-corrected chi connectivity index (χ2v) is 6.48. The molecule has 2 N–H and O–H groups in total. The number of rotatable bonds is 3. The largest absolute Gasteiger partial charge is 0.507 e. The molecular weight excluding hydrogens is 270 g/mol. The highest BCUT2D eigenvalue weighted by Gasteiger charge is 2.33. The minimum Gasteiger partial charge on any atom is -0.507 e. The Morgan fingerprint density at radius 3 is 2.63 bits per heavy atom. The third-order valence-electron chi connectivity index (χ3n) is 3.30. The number of hydrogen-bond acceptors (Lipinski definition) is 4. The van der Waals surface area contributed by atoms with Crippen LogP contribution < -0.4 is 0 Å². The van der Waals surface area contributed by atoms with Crippen molar-refractivity contribution in [3.63, 3.8) is 0 Å². The number of hydrogen-bond donors (Lipinski definition) is 2. The molecule has 0 radical (unpaired) electrons. The van der Waals surface area contributed by atoms with Gasteiger partial charge in [0.2, 0.25) is 10.0 Å². The number of sulfonamides is 1. The number of carboxylic acids is 1. The molecule has 0 aromatic heterocycles. The number of carboxylic acid groups (broad SMARTS) is 1. The van der Waals surface area contributed by atoms with Crippen molar-refractivity contribution in [2.24, 2.45) is 0 Å². The van der Waals surface area contributed by atoms with E-state index in [0.29, 0.717) is 6.54 Å². The van der Waals surface area contributed by atoms with Gasteiger partial charge in [-0.15, -0.1) is 0 Å². The summed E-state index contributed by atoms with van der Waals surface area (Å²) in [6, 6.07) is 3.23. The average Bonchev–Trinajstić information content (AvgIpc) is 2.76. The minimum absolute atomic E-state index is 0.0907. The van der Waals surface area contributed by atoms with E-state index in [1.807, 2.05) is 6.92 Å². The van der Waals surface area contributed by atoms with Gasteiger partial charge in [0, 0.05) is 12.6 Å². The maximum Gasteiger partial charge on any atom is 0.339 e. The molecule has 19 heavy (non-hydrogen) atoms. The topological polar surface area (TPSA) is 94.9 Å². The van der Waals surface area contributed by atoms with Crippen molar-refractivity contribution in [1.29, 1.82) is 0 Å². The van der Waals surface area contributed by atoms with E-state index in [2.05, 4.69) is 0 Å². The van der Waals surface area contributed by atoms with Gasteiger partial charge in [0.15, 0.2) is 0 Å². The lowest BCUT2D eigenvalue weighted by molar-refractivity contribution is 0.0693. The van der Waals surface area contributed by atoms with E-state index in [9.17, 15) is 18.3 Å². The molecule has 1 unspecified atom stereocenters. The van der Waals surface area contributed by atoms with Gasteiger partial charge in [0.05, 0.1) is 4.90 Å². The molecule has 1 aliphatic rings. The summed E-state index contributed by atoms with van der Waals surface area (Å²) in [5.41, 5.74) is -0.409. The summed E-state index contributed by atoms with van der Waals surface area (Å²) in [6.45, 7) is 2.26. The summed E-state index contributed by atoms with van der Waals surface area (Å²) in [6.07, 6.45) is 1.59. The van der Waals surface area contributed by atoms with Crippen LogP contribution in [0.3, 0.4) is 0 Å². The zero-order valence-electron chi connectivity index (χ0n) is 10.4.